The summed E-state index contributed by atoms with van der Waals surface area (Å²) in [6, 6.07) is 10.8. The van der Waals surface area contributed by atoms with Crippen LogP contribution in [0.15, 0.2) is 53.1 Å². The number of oxazole rings is 1. The van der Waals surface area contributed by atoms with E-state index in [2.05, 4.69) is 4.98 Å². The van der Waals surface area contributed by atoms with Gasteiger partial charge in [-0.05, 0) is 55.7 Å². The van der Waals surface area contributed by atoms with Crippen molar-refractivity contribution < 1.29 is 26.8 Å². The molecule has 0 N–H and O–H groups in total. The number of benzene rings is 2. The number of amides is 1. The van der Waals surface area contributed by atoms with E-state index in [1.54, 1.807) is 16.1 Å². The van der Waals surface area contributed by atoms with Gasteiger partial charge in [-0.25, -0.2) is 9.37 Å². The Labute approximate surface area is 204 Å². The van der Waals surface area contributed by atoms with Crippen molar-refractivity contribution in [3.05, 3.63) is 82.8 Å². The summed E-state index contributed by atoms with van der Waals surface area (Å²) in [6.45, 7) is 2.20. The third kappa shape index (κ3) is 4.30. The molecule has 0 bridgehead atoms. The second-order valence-corrected chi connectivity index (χ2v) is 9.47. The highest BCUT2D eigenvalue weighted by molar-refractivity contribution is 5.84. The molecule has 1 saturated heterocycles. The molecule has 2 heterocycles. The van der Waals surface area contributed by atoms with E-state index in [0.29, 0.717) is 30.8 Å². The molecule has 1 aliphatic carbocycles. The lowest BCUT2D eigenvalue weighted by Crippen LogP contribution is -2.69. The van der Waals surface area contributed by atoms with Gasteiger partial charge in [-0.3, -0.25) is 4.79 Å². The van der Waals surface area contributed by atoms with Crippen LogP contribution in [0.3, 0.4) is 0 Å². The number of aryl methyl sites for hydroxylation is 1. The van der Waals surface area contributed by atoms with E-state index in [9.17, 15) is 22.4 Å². The van der Waals surface area contributed by atoms with Gasteiger partial charge in [0.25, 0.3) is 0 Å². The van der Waals surface area contributed by atoms with Gasteiger partial charge in [0.05, 0.1) is 40.7 Å². The summed E-state index contributed by atoms with van der Waals surface area (Å²) in [5, 5.41) is 9.04. The van der Waals surface area contributed by atoms with E-state index < -0.39 is 23.1 Å². The van der Waals surface area contributed by atoms with Crippen LogP contribution in [0.1, 0.15) is 47.0 Å². The van der Waals surface area contributed by atoms with Gasteiger partial charge in [0.15, 0.2) is 5.89 Å². The molecule has 2 fully saturated rings. The second-order valence-electron chi connectivity index (χ2n) is 9.47. The second kappa shape index (κ2) is 8.66. The number of alkyl halides is 3. The molecule has 186 valence electrons. The number of aromatic nitrogens is 1. The molecule has 1 aliphatic heterocycles. The van der Waals surface area contributed by atoms with Crippen LogP contribution in [0.5, 0.6) is 0 Å². The summed E-state index contributed by atoms with van der Waals surface area (Å²) >= 11 is 0. The molecule has 1 spiro atoms. The summed E-state index contributed by atoms with van der Waals surface area (Å²) in [5.74, 6) is -0.312. The minimum Gasteiger partial charge on any atom is -0.448 e. The van der Waals surface area contributed by atoms with Crippen molar-refractivity contribution in [3.63, 3.8) is 0 Å². The highest BCUT2D eigenvalue weighted by atomic mass is 19.4. The first-order valence-corrected chi connectivity index (χ1v) is 11.4. The zero-order chi connectivity index (χ0) is 25.7. The summed E-state index contributed by atoms with van der Waals surface area (Å²) in [6.07, 6.45) is -1.84. The molecule has 2 aliphatic rings. The average Bonchev–Trinajstić information content (AvgIpc) is 3.24. The van der Waals surface area contributed by atoms with E-state index in [4.69, 9.17) is 9.68 Å². The van der Waals surface area contributed by atoms with Gasteiger partial charge >= 0.3 is 6.18 Å². The lowest BCUT2D eigenvalue weighted by Gasteiger charge is -2.58. The molecule has 0 unspecified atom stereocenters. The predicted octanol–water partition coefficient (Wildman–Crippen LogP) is 5.18. The molecular formula is C26H22F4N4O2. The summed E-state index contributed by atoms with van der Waals surface area (Å²) in [5.41, 5.74) is 0.299. The summed E-state index contributed by atoms with van der Waals surface area (Å²) in [4.78, 5) is 21.2. The summed E-state index contributed by atoms with van der Waals surface area (Å²) in [7, 11) is 0. The number of nitriles is 1. The van der Waals surface area contributed by atoms with Gasteiger partial charge < -0.3 is 14.2 Å². The van der Waals surface area contributed by atoms with Crippen LogP contribution in [-0.2, 0) is 17.5 Å². The number of hydrogen-bond donors (Lipinski definition) is 0. The molecule has 10 heteroatoms. The maximum atomic E-state index is 14.8. The molecular weight excluding hydrogens is 476 g/mol. The molecule has 5 rings (SSSR count). The van der Waals surface area contributed by atoms with E-state index in [-0.39, 0.29) is 36.2 Å². The van der Waals surface area contributed by atoms with Gasteiger partial charge in [0.2, 0.25) is 5.91 Å². The fourth-order valence-corrected chi connectivity index (χ4v) is 5.19. The van der Waals surface area contributed by atoms with Crippen LogP contribution >= 0.6 is 0 Å². The van der Waals surface area contributed by atoms with Crippen LogP contribution in [0, 0.1) is 24.1 Å². The first-order valence-electron chi connectivity index (χ1n) is 11.4. The number of anilines is 1. The number of carbonyl (C=O) groups excluding carboxylic acids is 1. The van der Waals surface area contributed by atoms with Gasteiger partial charge in [-0.1, -0.05) is 12.1 Å². The molecule has 36 heavy (non-hydrogen) atoms. The largest absolute Gasteiger partial charge is 0.448 e. The standard InChI is InChI=1S/C26H22F4N4O2/c1-16-14-36-24(32-16)19-9-25(10-19)15-33(22-7-4-18(11-31)8-21(22)27)13-23(35)34(25)12-17-2-5-20(6-3-17)26(28,29)30/h2-8,14,19H,9-10,12-13,15H2,1H3. The molecule has 1 aromatic heterocycles. The predicted molar refractivity (Wildman–Crippen MR) is 121 cm³/mol. The van der Waals surface area contributed by atoms with Crippen molar-refractivity contribution in [3.8, 4) is 6.07 Å². The topological polar surface area (TPSA) is 73.4 Å². The van der Waals surface area contributed by atoms with E-state index in [1.807, 2.05) is 13.0 Å². The SMILES string of the molecule is Cc1coc(C2CC3(C2)CN(c2ccc(C#N)cc2F)CC(=O)N3Cc2ccc(C(F)(F)F)cc2)n1. The van der Waals surface area contributed by atoms with Crippen LogP contribution in [0.25, 0.3) is 0 Å². The molecule has 0 radical (unpaired) electrons. The number of piperazine rings is 1. The van der Waals surface area contributed by atoms with Crippen LogP contribution in [0.2, 0.25) is 0 Å². The quantitative estimate of drug-likeness (QED) is 0.464. The normalized spacial score (nSPS) is 22.0. The third-order valence-electron chi connectivity index (χ3n) is 6.96. The van der Waals surface area contributed by atoms with E-state index >= 15 is 0 Å². The zero-order valence-electron chi connectivity index (χ0n) is 19.3. The number of nitrogens with zero attached hydrogens (tertiary/aromatic N) is 4. The third-order valence-corrected chi connectivity index (χ3v) is 6.96. The minimum absolute atomic E-state index is 0.0348. The number of carbonyl (C=O) groups is 1. The Morgan fingerprint density at radius 3 is 2.50 bits per heavy atom. The highest BCUT2D eigenvalue weighted by Crippen LogP contribution is 2.51. The van der Waals surface area contributed by atoms with E-state index in [0.717, 1.165) is 23.9 Å². The fourth-order valence-electron chi connectivity index (χ4n) is 5.19. The zero-order valence-corrected chi connectivity index (χ0v) is 19.3. The minimum atomic E-state index is -4.44. The van der Waals surface area contributed by atoms with Crippen molar-refractivity contribution >= 4 is 11.6 Å². The molecule has 1 amide bonds. The van der Waals surface area contributed by atoms with Crippen LogP contribution in [-0.4, -0.2) is 34.4 Å². The molecule has 2 aromatic carbocycles. The van der Waals surface area contributed by atoms with Crippen LogP contribution in [0.4, 0.5) is 23.2 Å². The number of hydrogen-bond acceptors (Lipinski definition) is 5. The molecule has 1 saturated carbocycles. The summed E-state index contributed by atoms with van der Waals surface area (Å²) < 4.78 is 59.3. The van der Waals surface area contributed by atoms with Crippen molar-refractivity contribution in [2.45, 2.75) is 43.9 Å². The average molecular weight is 498 g/mol. The lowest BCUT2D eigenvalue weighted by molar-refractivity contribution is -0.146. The van der Waals surface area contributed by atoms with Crippen molar-refractivity contribution in [1.82, 2.24) is 9.88 Å². The van der Waals surface area contributed by atoms with Crippen LogP contribution < -0.4 is 4.90 Å². The Bertz CT molecular complexity index is 1340. The van der Waals surface area contributed by atoms with Crippen molar-refractivity contribution in [1.29, 1.82) is 5.26 Å². The van der Waals surface area contributed by atoms with Gasteiger partial charge in [-0.2, -0.15) is 18.4 Å². The first-order chi connectivity index (χ1) is 17.1. The Kier molecular flexibility index (Phi) is 5.74. The maximum Gasteiger partial charge on any atom is 0.416 e. The fraction of sp³-hybridized carbons (Fsp3) is 0.346. The molecule has 6 nitrogen and oxygen atoms in total. The Morgan fingerprint density at radius 1 is 1.19 bits per heavy atom. The van der Waals surface area contributed by atoms with Crippen molar-refractivity contribution in [2.75, 3.05) is 18.0 Å². The highest BCUT2D eigenvalue weighted by Gasteiger charge is 2.55. The van der Waals surface area contributed by atoms with Gasteiger partial charge in [0.1, 0.15) is 12.1 Å². The first kappa shape index (κ1) is 23.9. The molecule has 0 atom stereocenters. The van der Waals surface area contributed by atoms with E-state index in [1.165, 1.54) is 24.3 Å². The monoisotopic (exact) mass is 498 g/mol. The van der Waals surface area contributed by atoms with Gasteiger partial charge in [0, 0.05) is 19.0 Å². The molecule has 3 aromatic rings. The Balaban J connectivity index is 1.43. The Hall–Kier alpha value is -3.87. The maximum absolute atomic E-state index is 14.8. The van der Waals surface area contributed by atoms with Crippen molar-refractivity contribution in [2.24, 2.45) is 0 Å². The number of rotatable bonds is 4. The van der Waals surface area contributed by atoms with Gasteiger partial charge in [-0.15, -0.1) is 0 Å². The smallest absolute Gasteiger partial charge is 0.416 e. The Morgan fingerprint density at radius 2 is 1.92 bits per heavy atom. The lowest BCUT2D eigenvalue weighted by atomic mass is 9.65. The number of halogens is 4.